The van der Waals surface area contributed by atoms with Crippen LogP contribution in [0.1, 0.15) is 29.8 Å². The minimum absolute atomic E-state index is 0.340. The number of carbonyl (C=O) groups is 2. The van der Waals surface area contributed by atoms with E-state index in [9.17, 15) is 14.7 Å². The standard InChI is InChI=1S/C21H21NO4S/c1-21(2,20(24)25)22-19(23)16-9-8-15-11-13-27-18(15)17(16)26-12-10-14-6-4-3-5-7-14/h3-9,11,13H,10,12H2,1-2H3,(H,22,23)(H,24,25). The number of carboxylic acids is 1. The highest BCUT2D eigenvalue weighted by molar-refractivity contribution is 7.17. The summed E-state index contributed by atoms with van der Waals surface area (Å²) in [5, 5.41) is 14.8. The van der Waals surface area contributed by atoms with Crippen LogP contribution in [0.25, 0.3) is 10.1 Å². The second kappa shape index (κ2) is 7.80. The third kappa shape index (κ3) is 4.28. The van der Waals surface area contributed by atoms with Crippen LogP contribution in [0, 0.1) is 0 Å². The maximum Gasteiger partial charge on any atom is 0.328 e. The van der Waals surface area contributed by atoms with Crippen LogP contribution in [0.15, 0.2) is 53.9 Å². The zero-order chi connectivity index (χ0) is 19.4. The van der Waals surface area contributed by atoms with Crippen LogP contribution in [-0.2, 0) is 11.2 Å². The number of carboxylic acid groups (broad SMARTS) is 1. The Kier molecular flexibility index (Phi) is 5.46. The van der Waals surface area contributed by atoms with Gasteiger partial charge in [0.25, 0.3) is 5.91 Å². The maximum atomic E-state index is 12.7. The average molecular weight is 383 g/mol. The molecule has 3 aromatic rings. The van der Waals surface area contributed by atoms with Gasteiger partial charge in [-0.05, 0) is 42.3 Å². The summed E-state index contributed by atoms with van der Waals surface area (Å²) in [6, 6.07) is 15.5. The van der Waals surface area contributed by atoms with Crippen LogP contribution >= 0.6 is 11.3 Å². The summed E-state index contributed by atoms with van der Waals surface area (Å²) < 4.78 is 6.89. The first-order chi connectivity index (χ1) is 12.9. The van der Waals surface area contributed by atoms with Gasteiger partial charge in [0.15, 0.2) is 0 Å². The Balaban J connectivity index is 1.85. The van der Waals surface area contributed by atoms with Crippen molar-refractivity contribution in [2.75, 3.05) is 6.61 Å². The molecule has 0 saturated heterocycles. The number of amides is 1. The average Bonchev–Trinajstić information content (AvgIpc) is 3.11. The van der Waals surface area contributed by atoms with E-state index in [1.165, 1.54) is 25.2 Å². The Morgan fingerprint density at radius 1 is 1.11 bits per heavy atom. The number of hydrogen-bond acceptors (Lipinski definition) is 4. The Morgan fingerprint density at radius 3 is 2.56 bits per heavy atom. The zero-order valence-electron chi connectivity index (χ0n) is 15.2. The van der Waals surface area contributed by atoms with Gasteiger partial charge in [-0.1, -0.05) is 36.4 Å². The molecule has 5 nitrogen and oxygen atoms in total. The fraction of sp³-hybridized carbons (Fsp3) is 0.238. The molecule has 0 aliphatic heterocycles. The van der Waals surface area contributed by atoms with Gasteiger partial charge in [0, 0.05) is 6.42 Å². The van der Waals surface area contributed by atoms with E-state index in [-0.39, 0.29) is 0 Å². The number of nitrogens with one attached hydrogen (secondary N) is 1. The van der Waals surface area contributed by atoms with E-state index in [1.807, 2.05) is 47.8 Å². The van der Waals surface area contributed by atoms with Crippen molar-refractivity contribution in [3.63, 3.8) is 0 Å². The first kappa shape index (κ1) is 18.9. The molecule has 0 unspecified atom stereocenters. The topological polar surface area (TPSA) is 75.6 Å². The summed E-state index contributed by atoms with van der Waals surface area (Å²) in [5.41, 5.74) is 0.115. The summed E-state index contributed by atoms with van der Waals surface area (Å²) in [4.78, 5) is 24.1. The fourth-order valence-electron chi connectivity index (χ4n) is 2.65. The van der Waals surface area contributed by atoms with Crippen molar-refractivity contribution in [1.29, 1.82) is 0 Å². The number of fused-ring (bicyclic) bond motifs is 1. The number of rotatable bonds is 7. The van der Waals surface area contributed by atoms with Gasteiger partial charge >= 0.3 is 5.97 Å². The number of aliphatic carboxylic acids is 1. The molecule has 0 saturated carbocycles. The van der Waals surface area contributed by atoms with Crippen molar-refractivity contribution < 1.29 is 19.4 Å². The van der Waals surface area contributed by atoms with Gasteiger partial charge in [0.05, 0.1) is 16.9 Å². The third-order valence-corrected chi connectivity index (χ3v) is 5.19. The molecule has 1 amide bonds. The van der Waals surface area contributed by atoms with Crippen molar-refractivity contribution in [3.8, 4) is 5.75 Å². The number of ether oxygens (including phenoxy) is 1. The highest BCUT2D eigenvalue weighted by atomic mass is 32.1. The number of thiophene rings is 1. The summed E-state index contributed by atoms with van der Waals surface area (Å²) in [6.45, 7) is 3.32. The van der Waals surface area contributed by atoms with Gasteiger partial charge in [-0.15, -0.1) is 11.3 Å². The maximum absolute atomic E-state index is 12.7. The van der Waals surface area contributed by atoms with E-state index < -0.39 is 17.4 Å². The molecule has 0 atom stereocenters. The van der Waals surface area contributed by atoms with Gasteiger partial charge in [-0.3, -0.25) is 4.79 Å². The predicted molar refractivity (Wildman–Crippen MR) is 107 cm³/mol. The lowest BCUT2D eigenvalue weighted by molar-refractivity contribution is -0.143. The Morgan fingerprint density at radius 2 is 1.85 bits per heavy atom. The Hall–Kier alpha value is -2.86. The molecule has 27 heavy (non-hydrogen) atoms. The van der Waals surface area contributed by atoms with Crippen molar-refractivity contribution in [2.24, 2.45) is 0 Å². The molecule has 1 aromatic heterocycles. The first-order valence-electron chi connectivity index (χ1n) is 8.61. The monoisotopic (exact) mass is 383 g/mol. The molecule has 140 valence electrons. The van der Waals surface area contributed by atoms with Gasteiger partial charge in [0.2, 0.25) is 0 Å². The molecule has 0 fully saturated rings. The highest BCUT2D eigenvalue weighted by Gasteiger charge is 2.30. The molecule has 1 heterocycles. The van der Waals surface area contributed by atoms with Gasteiger partial charge in [-0.25, -0.2) is 4.79 Å². The molecular weight excluding hydrogens is 362 g/mol. The summed E-state index contributed by atoms with van der Waals surface area (Å²) in [7, 11) is 0. The lowest BCUT2D eigenvalue weighted by Crippen LogP contribution is -2.49. The lowest BCUT2D eigenvalue weighted by atomic mass is 10.0. The van der Waals surface area contributed by atoms with E-state index in [1.54, 1.807) is 6.07 Å². The lowest BCUT2D eigenvalue weighted by Gasteiger charge is -2.22. The normalized spacial score (nSPS) is 11.3. The largest absolute Gasteiger partial charge is 0.491 e. The van der Waals surface area contributed by atoms with Crippen LogP contribution < -0.4 is 10.1 Å². The third-order valence-electron chi connectivity index (χ3n) is 4.26. The van der Waals surface area contributed by atoms with E-state index in [2.05, 4.69) is 5.32 Å². The second-order valence-corrected chi connectivity index (χ2v) is 7.67. The van der Waals surface area contributed by atoms with Crippen LogP contribution in [0.4, 0.5) is 0 Å². The molecule has 0 aliphatic carbocycles. The summed E-state index contributed by atoms with van der Waals surface area (Å²) >= 11 is 1.49. The minimum atomic E-state index is -1.37. The smallest absolute Gasteiger partial charge is 0.328 e. The van der Waals surface area contributed by atoms with Crippen molar-refractivity contribution in [1.82, 2.24) is 5.32 Å². The minimum Gasteiger partial charge on any atom is -0.491 e. The number of carbonyl (C=O) groups excluding carboxylic acids is 1. The molecule has 0 radical (unpaired) electrons. The van der Waals surface area contributed by atoms with E-state index >= 15 is 0 Å². The highest BCUT2D eigenvalue weighted by Crippen LogP contribution is 2.34. The van der Waals surface area contributed by atoms with Crippen molar-refractivity contribution in [2.45, 2.75) is 25.8 Å². The zero-order valence-corrected chi connectivity index (χ0v) is 16.0. The second-order valence-electron chi connectivity index (χ2n) is 6.75. The summed E-state index contributed by atoms with van der Waals surface area (Å²) in [6.07, 6.45) is 0.713. The quantitative estimate of drug-likeness (QED) is 0.644. The van der Waals surface area contributed by atoms with E-state index in [0.29, 0.717) is 24.3 Å². The predicted octanol–water partition coefficient (Wildman–Crippen LogP) is 4.12. The van der Waals surface area contributed by atoms with Crippen LogP contribution in [-0.4, -0.2) is 29.1 Å². The number of benzene rings is 2. The van der Waals surface area contributed by atoms with Crippen molar-refractivity contribution >= 4 is 33.3 Å². The van der Waals surface area contributed by atoms with Gasteiger partial charge < -0.3 is 15.2 Å². The number of hydrogen-bond donors (Lipinski definition) is 2. The molecule has 3 rings (SSSR count). The molecule has 2 N–H and O–H groups in total. The van der Waals surface area contributed by atoms with Gasteiger partial charge in [0.1, 0.15) is 11.3 Å². The van der Waals surface area contributed by atoms with E-state index in [4.69, 9.17) is 4.74 Å². The van der Waals surface area contributed by atoms with Crippen LogP contribution in [0.2, 0.25) is 0 Å². The molecular formula is C21H21NO4S. The summed E-state index contributed by atoms with van der Waals surface area (Å²) in [5.74, 6) is -1.07. The molecule has 0 spiro atoms. The molecule has 0 bridgehead atoms. The SMILES string of the molecule is CC(C)(NC(=O)c1ccc2ccsc2c1OCCc1ccccc1)C(=O)O. The first-order valence-corrected chi connectivity index (χ1v) is 9.49. The van der Waals surface area contributed by atoms with Crippen molar-refractivity contribution in [3.05, 3.63) is 65.0 Å². The van der Waals surface area contributed by atoms with Gasteiger partial charge in [-0.2, -0.15) is 0 Å². The van der Waals surface area contributed by atoms with Crippen LogP contribution in [0.3, 0.4) is 0 Å². The van der Waals surface area contributed by atoms with E-state index in [0.717, 1.165) is 15.6 Å². The molecule has 0 aliphatic rings. The Labute approximate surface area is 161 Å². The fourth-order valence-corrected chi connectivity index (χ4v) is 3.55. The molecule has 6 heteroatoms. The Bertz CT molecular complexity index is 963. The van der Waals surface area contributed by atoms with Crippen LogP contribution in [0.5, 0.6) is 5.75 Å². The molecule has 2 aromatic carbocycles.